The molecule has 0 radical (unpaired) electrons. The zero-order valence-corrected chi connectivity index (χ0v) is 9.04. The molecule has 1 saturated heterocycles. The molecule has 82 valence electrons. The van der Waals surface area contributed by atoms with Gasteiger partial charge < -0.3 is 16.4 Å². The van der Waals surface area contributed by atoms with Crippen molar-refractivity contribution in [3.63, 3.8) is 0 Å². The Bertz CT molecular complexity index is 195. The van der Waals surface area contributed by atoms with Crippen LogP contribution in [0, 0.1) is 11.3 Å². The van der Waals surface area contributed by atoms with E-state index in [1.807, 2.05) is 0 Å². The predicted molar refractivity (Wildman–Crippen MR) is 58.9 cm³/mol. The molecule has 3 nitrogen and oxygen atoms in total. The van der Waals surface area contributed by atoms with Gasteiger partial charge in [0.05, 0.1) is 0 Å². The summed E-state index contributed by atoms with van der Waals surface area (Å²) in [5, 5.41) is 0. The van der Waals surface area contributed by atoms with Crippen molar-refractivity contribution >= 4 is 0 Å². The van der Waals surface area contributed by atoms with Crippen LogP contribution < -0.4 is 11.5 Å². The molecule has 0 aromatic carbocycles. The summed E-state index contributed by atoms with van der Waals surface area (Å²) in [6, 6.07) is 0. The van der Waals surface area contributed by atoms with Crippen molar-refractivity contribution in [2.45, 2.75) is 25.7 Å². The minimum Gasteiger partial charge on any atom is -0.330 e. The normalized spacial score (nSPS) is 38.6. The first-order valence-corrected chi connectivity index (χ1v) is 5.90. The summed E-state index contributed by atoms with van der Waals surface area (Å²) >= 11 is 0. The third-order valence-electron chi connectivity index (χ3n) is 4.10. The Morgan fingerprint density at radius 3 is 2.79 bits per heavy atom. The number of rotatable bonds is 3. The molecule has 2 fully saturated rings. The van der Waals surface area contributed by atoms with Gasteiger partial charge in [0.15, 0.2) is 0 Å². The van der Waals surface area contributed by atoms with E-state index in [-0.39, 0.29) is 0 Å². The van der Waals surface area contributed by atoms with Crippen LogP contribution in [0.4, 0.5) is 0 Å². The Labute approximate surface area is 86.8 Å². The third-order valence-corrected chi connectivity index (χ3v) is 4.10. The highest BCUT2D eigenvalue weighted by Crippen LogP contribution is 2.47. The molecule has 0 unspecified atom stereocenters. The van der Waals surface area contributed by atoms with Gasteiger partial charge in [-0.1, -0.05) is 0 Å². The van der Waals surface area contributed by atoms with E-state index in [1.165, 1.54) is 38.8 Å². The maximum Gasteiger partial charge on any atom is 0.0105 e. The summed E-state index contributed by atoms with van der Waals surface area (Å²) in [5.74, 6) is 0.799. The van der Waals surface area contributed by atoms with Crippen LogP contribution in [0.2, 0.25) is 0 Å². The second-order valence-corrected chi connectivity index (χ2v) is 5.16. The topological polar surface area (TPSA) is 55.3 Å². The molecule has 0 bridgehead atoms. The fourth-order valence-corrected chi connectivity index (χ4v) is 3.30. The molecule has 1 aliphatic carbocycles. The van der Waals surface area contributed by atoms with Gasteiger partial charge in [0.25, 0.3) is 0 Å². The van der Waals surface area contributed by atoms with E-state index in [0.717, 1.165) is 25.6 Å². The lowest BCUT2D eigenvalue weighted by Gasteiger charge is -2.24. The molecular formula is C11H23N3. The van der Waals surface area contributed by atoms with Crippen LogP contribution >= 0.6 is 0 Å². The van der Waals surface area contributed by atoms with E-state index >= 15 is 0 Å². The first kappa shape index (κ1) is 10.4. The van der Waals surface area contributed by atoms with Gasteiger partial charge >= 0.3 is 0 Å². The predicted octanol–water partition coefficient (Wildman–Crippen LogP) is 0.396. The lowest BCUT2D eigenvalue weighted by Crippen LogP contribution is -2.30. The summed E-state index contributed by atoms with van der Waals surface area (Å²) in [5.41, 5.74) is 12.0. The van der Waals surface area contributed by atoms with Crippen molar-refractivity contribution in [2.24, 2.45) is 22.8 Å². The van der Waals surface area contributed by atoms with Gasteiger partial charge in [0.1, 0.15) is 0 Å². The highest BCUT2D eigenvalue weighted by atomic mass is 15.2. The fourth-order valence-electron chi connectivity index (χ4n) is 3.30. The highest BCUT2D eigenvalue weighted by Gasteiger charge is 2.43. The summed E-state index contributed by atoms with van der Waals surface area (Å²) < 4.78 is 0. The second kappa shape index (κ2) is 4.17. The zero-order chi connectivity index (χ0) is 10.0. The maximum absolute atomic E-state index is 5.74. The van der Waals surface area contributed by atoms with Crippen molar-refractivity contribution in [3.8, 4) is 0 Å². The molecule has 4 N–H and O–H groups in total. The lowest BCUT2D eigenvalue weighted by molar-refractivity contribution is 0.258. The largest absolute Gasteiger partial charge is 0.330 e. The van der Waals surface area contributed by atoms with Crippen LogP contribution in [-0.4, -0.2) is 37.6 Å². The summed E-state index contributed by atoms with van der Waals surface area (Å²) in [4.78, 5) is 2.53. The second-order valence-electron chi connectivity index (χ2n) is 5.16. The SMILES string of the molecule is NCCN1CC[C@]2(CC[C@@H](CN)C2)C1. The minimum atomic E-state index is 0.624. The number of likely N-dealkylation sites (tertiary alicyclic amines) is 1. The summed E-state index contributed by atoms with van der Waals surface area (Å²) in [6.45, 7) is 5.30. The van der Waals surface area contributed by atoms with E-state index in [1.54, 1.807) is 0 Å². The van der Waals surface area contributed by atoms with Crippen LogP contribution in [0.1, 0.15) is 25.7 Å². The third kappa shape index (κ3) is 1.95. The monoisotopic (exact) mass is 197 g/mol. The Morgan fingerprint density at radius 1 is 1.29 bits per heavy atom. The molecule has 0 aromatic rings. The molecule has 14 heavy (non-hydrogen) atoms. The van der Waals surface area contributed by atoms with Crippen molar-refractivity contribution in [2.75, 3.05) is 32.7 Å². The molecule has 2 aliphatic rings. The van der Waals surface area contributed by atoms with E-state index in [0.29, 0.717) is 5.41 Å². The fraction of sp³-hybridized carbons (Fsp3) is 1.00. The van der Waals surface area contributed by atoms with Gasteiger partial charge in [-0.05, 0) is 50.1 Å². The molecule has 1 saturated carbocycles. The van der Waals surface area contributed by atoms with Crippen molar-refractivity contribution in [3.05, 3.63) is 0 Å². The van der Waals surface area contributed by atoms with Crippen LogP contribution in [0.25, 0.3) is 0 Å². The van der Waals surface area contributed by atoms with Crippen molar-refractivity contribution in [1.29, 1.82) is 0 Å². The molecule has 1 heterocycles. The molecule has 2 rings (SSSR count). The Balaban J connectivity index is 1.87. The average Bonchev–Trinajstić information content (AvgIpc) is 2.76. The van der Waals surface area contributed by atoms with E-state index in [2.05, 4.69) is 4.90 Å². The van der Waals surface area contributed by atoms with Crippen molar-refractivity contribution in [1.82, 2.24) is 4.90 Å². The summed E-state index contributed by atoms with van der Waals surface area (Å²) in [6.07, 6.45) is 5.50. The van der Waals surface area contributed by atoms with Gasteiger partial charge in [0, 0.05) is 19.6 Å². The van der Waals surface area contributed by atoms with E-state index in [4.69, 9.17) is 11.5 Å². The van der Waals surface area contributed by atoms with Crippen molar-refractivity contribution < 1.29 is 0 Å². The first-order chi connectivity index (χ1) is 6.78. The van der Waals surface area contributed by atoms with Crippen LogP contribution in [0.15, 0.2) is 0 Å². The lowest BCUT2D eigenvalue weighted by atomic mass is 9.84. The van der Waals surface area contributed by atoms with E-state index < -0.39 is 0 Å². The van der Waals surface area contributed by atoms with Gasteiger partial charge in [-0.15, -0.1) is 0 Å². The maximum atomic E-state index is 5.74. The number of nitrogens with two attached hydrogens (primary N) is 2. The molecule has 1 aliphatic heterocycles. The zero-order valence-electron chi connectivity index (χ0n) is 9.04. The molecule has 2 atom stereocenters. The average molecular weight is 197 g/mol. The Morgan fingerprint density at radius 2 is 2.14 bits per heavy atom. The molecule has 0 aromatic heterocycles. The number of nitrogens with zero attached hydrogens (tertiary/aromatic N) is 1. The van der Waals surface area contributed by atoms with Crippen LogP contribution in [0.5, 0.6) is 0 Å². The summed E-state index contributed by atoms with van der Waals surface area (Å²) in [7, 11) is 0. The molecule has 3 heteroatoms. The van der Waals surface area contributed by atoms with Gasteiger partial charge in [-0.2, -0.15) is 0 Å². The Hall–Kier alpha value is -0.120. The standard InChI is InChI=1S/C11H23N3/c12-4-6-14-5-3-11(9-14)2-1-10(7-11)8-13/h10H,1-9,12-13H2/t10-,11+/m1/s1. The van der Waals surface area contributed by atoms with Gasteiger partial charge in [-0.25, -0.2) is 0 Å². The highest BCUT2D eigenvalue weighted by molar-refractivity contribution is 4.96. The number of hydrogen-bond acceptors (Lipinski definition) is 3. The molecule has 0 amide bonds. The first-order valence-electron chi connectivity index (χ1n) is 5.90. The van der Waals surface area contributed by atoms with Gasteiger partial charge in [-0.3, -0.25) is 0 Å². The van der Waals surface area contributed by atoms with Gasteiger partial charge in [0.2, 0.25) is 0 Å². The molecular weight excluding hydrogens is 174 g/mol. The Kier molecular flexibility index (Phi) is 3.10. The number of hydrogen-bond donors (Lipinski definition) is 2. The van der Waals surface area contributed by atoms with E-state index in [9.17, 15) is 0 Å². The van der Waals surface area contributed by atoms with Crippen LogP contribution in [-0.2, 0) is 0 Å². The minimum absolute atomic E-state index is 0.624. The quantitative estimate of drug-likeness (QED) is 0.688. The smallest absolute Gasteiger partial charge is 0.0105 e. The van der Waals surface area contributed by atoms with Crippen LogP contribution in [0.3, 0.4) is 0 Å². The molecule has 1 spiro atoms.